The summed E-state index contributed by atoms with van der Waals surface area (Å²) in [6, 6.07) is 7.69. The maximum atomic E-state index is 11.6. The van der Waals surface area contributed by atoms with Crippen molar-refractivity contribution in [2.45, 2.75) is 13.5 Å². The predicted molar refractivity (Wildman–Crippen MR) is 74.8 cm³/mol. The summed E-state index contributed by atoms with van der Waals surface area (Å²) >= 11 is 0. The van der Waals surface area contributed by atoms with E-state index in [9.17, 15) is 4.79 Å². The van der Waals surface area contributed by atoms with Crippen LogP contribution in [0.4, 0.5) is 5.82 Å². The topological polar surface area (TPSA) is 79.4 Å². The van der Waals surface area contributed by atoms with E-state index in [1.165, 1.54) is 7.11 Å². The van der Waals surface area contributed by atoms with Crippen molar-refractivity contribution in [1.82, 2.24) is 9.55 Å². The number of rotatable bonds is 4. The van der Waals surface area contributed by atoms with Gasteiger partial charge in [-0.2, -0.15) is 0 Å². The van der Waals surface area contributed by atoms with E-state index >= 15 is 0 Å². The maximum Gasteiger partial charge on any atom is 0.360 e. The minimum Gasteiger partial charge on any atom is -0.464 e. The Labute approximate surface area is 117 Å². The highest BCUT2D eigenvalue weighted by Gasteiger charge is 2.20. The second-order valence-electron chi connectivity index (χ2n) is 4.32. The molecular weight excluding hydrogens is 258 g/mol. The van der Waals surface area contributed by atoms with Crippen LogP contribution in [0.3, 0.4) is 0 Å². The van der Waals surface area contributed by atoms with Crippen LogP contribution >= 0.6 is 0 Å². The number of imidazole rings is 1. The van der Waals surface area contributed by atoms with Gasteiger partial charge < -0.3 is 15.2 Å². The first-order valence-corrected chi connectivity index (χ1v) is 6.10. The molecule has 0 bridgehead atoms. The summed E-state index contributed by atoms with van der Waals surface area (Å²) in [5.41, 5.74) is 7.97. The standard InChI is InChI=1S/C14H17N3O3/c1-9-16-12(14(18)20-3)13(15)17(9)11-6-4-5-10(7-11)8-19-2/h4-7H,8,15H2,1-3H3. The summed E-state index contributed by atoms with van der Waals surface area (Å²) in [7, 11) is 2.94. The number of benzene rings is 1. The molecule has 1 heterocycles. The number of ether oxygens (including phenoxy) is 2. The fourth-order valence-electron chi connectivity index (χ4n) is 2.07. The smallest absolute Gasteiger partial charge is 0.360 e. The molecule has 106 valence electrons. The van der Waals surface area contributed by atoms with Gasteiger partial charge in [-0.15, -0.1) is 0 Å². The molecule has 0 aliphatic carbocycles. The van der Waals surface area contributed by atoms with E-state index in [0.717, 1.165) is 11.3 Å². The Morgan fingerprint density at radius 3 is 2.80 bits per heavy atom. The van der Waals surface area contributed by atoms with Crippen molar-refractivity contribution in [3.05, 3.63) is 41.3 Å². The zero-order valence-corrected chi connectivity index (χ0v) is 11.7. The van der Waals surface area contributed by atoms with Crippen molar-refractivity contribution in [2.75, 3.05) is 20.0 Å². The zero-order valence-electron chi connectivity index (χ0n) is 11.7. The molecule has 0 atom stereocenters. The van der Waals surface area contributed by atoms with Crippen LogP contribution in [0.1, 0.15) is 21.9 Å². The second-order valence-corrected chi connectivity index (χ2v) is 4.32. The van der Waals surface area contributed by atoms with E-state index in [2.05, 4.69) is 9.72 Å². The average molecular weight is 275 g/mol. The van der Waals surface area contributed by atoms with Gasteiger partial charge in [0.2, 0.25) is 0 Å². The molecule has 2 rings (SSSR count). The molecule has 0 saturated heterocycles. The fraction of sp³-hybridized carbons (Fsp3) is 0.286. The van der Waals surface area contributed by atoms with E-state index in [-0.39, 0.29) is 11.5 Å². The van der Waals surface area contributed by atoms with Crippen molar-refractivity contribution < 1.29 is 14.3 Å². The van der Waals surface area contributed by atoms with Crippen molar-refractivity contribution in [1.29, 1.82) is 0 Å². The number of nitrogens with zero attached hydrogens (tertiary/aromatic N) is 2. The van der Waals surface area contributed by atoms with E-state index in [0.29, 0.717) is 12.4 Å². The largest absolute Gasteiger partial charge is 0.464 e. The molecule has 20 heavy (non-hydrogen) atoms. The van der Waals surface area contributed by atoms with E-state index in [1.54, 1.807) is 18.6 Å². The number of esters is 1. The molecular formula is C14H17N3O3. The van der Waals surface area contributed by atoms with E-state index in [1.807, 2.05) is 24.3 Å². The predicted octanol–water partition coefficient (Wildman–Crippen LogP) is 1.70. The molecule has 0 radical (unpaired) electrons. The van der Waals surface area contributed by atoms with Crippen LogP contribution in [0.2, 0.25) is 0 Å². The number of hydrogen-bond donors (Lipinski definition) is 1. The highest BCUT2D eigenvalue weighted by Crippen LogP contribution is 2.22. The molecule has 2 N–H and O–H groups in total. The monoisotopic (exact) mass is 275 g/mol. The van der Waals surface area contributed by atoms with Gasteiger partial charge in [0.25, 0.3) is 0 Å². The Bertz CT molecular complexity index is 635. The van der Waals surface area contributed by atoms with Crippen LogP contribution in [-0.2, 0) is 16.1 Å². The van der Waals surface area contributed by atoms with Gasteiger partial charge in [-0.05, 0) is 24.6 Å². The molecule has 0 aliphatic heterocycles. The number of nitrogens with two attached hydrogens (primary N) is 1. The molecule has 6 nitrogen and oxygen atoms in total. The van der Waals surface area contributed by atoms with Crippen LogP contribution in [-0.4, -0.2) is 29.7 Å². The van der Waals surface area contributed by atoms with Gasteiger partial charge in [0.1, 0.15) is 11.6 Å². The Hall–Kier alpha value is -2.34. The quantitative estimate of drug-likeness (QED) is 0.859. The minimum absolute atomic E-state index is 0.127. The third kappa shape index (κ3) is 2.50. The van der Waals surface area contributed by atoms with Crippen LogP contribution in [0.5, 0.6) is 0 Å². The summed E-state index contributed by atoms with van der Waals surface area (Å²) < 4.78 is 11.5. The van der Waals surface area contributed by atoms with E-state index < -0.39 is 5.97 Å². The number of carbonyl (C=O) groups excluding carboxylic acids is 1. The molecule has 6 heteroatoms. The highest BCUT2D eigenvalue weighted by atomic mass is 16.5. The van der Waals surface area contributed by atoms with Crippen molar-refractivity contribution >= 4 is 11.8 Å². The van der Waals surface area contributed by atoms with Gasteiger partial charge in [0.05, 0.1) is 13.7 Å². The summed E-state index contributed by atoms with van der Waals surface area (Å²) in [6.07, 6.45) is 0. The van der Waals surface area contributed by atoms with Gasteiger partial charge in [-0.1, -0.05) is 12.1 Å². The number of carbonyl (C=O) groups is 1. The number of nitrogen functional groups attached to an aromatic ring is 1. The summed E-state index contributed by atoms with van der Waals surface area (Å²) in [5, 5.41) is 0. The zero-order chi connectivity index (χ0) is 14.7. The molecule has 0 fully saturated rings. The first-order chi connectivity index (χ1) is 9.58. The van der Waals surface area contributed by atoms with Gasteiger partial charge in [-0.3, -0.25) is 4.57 Å². The summed E-state index contributed by atoms with van der Waals surface area (Å²) in [5.74, 6) is 0.346. The molecule has 2 aromatic rings. The fourth-order valence-corrected chi connectivity index (χ4v) is 2.07. The van der Waals surface area contributed by atoms with Crippen LogP contribution in [0.15, 0.2) is 24.3 Å². The lowest BCUT2D eigenvalue weighted by Crippen LogP contribution is -2.08. The van der Waals surface area contributed by atoms with Gasteiger partial charge in [0.15, 0.2) is 5.69 Å². The average Bonchev–Trinajstić information content (AvgIpc) is 2.74. The molecule has 0 amide bonds. The third-order valence-electron chi connectivity index (χ3n) is 2.94. The first kappa shape index (κ1) is 14.1. The molecule has 1 aromatic heterocycles. The van der Waals surface area contributed by atoms with Crippen LogP contribution in [0, 0.1) is 6.92 Å². The van der Waals surface area contributed by atoms with E-state index in [4.69, 9.17) is 10.5 Å². The Balaban J connectivity index is 2.50. The maximum absolute atomic E-state index is 11.6. The van der Waals surface area contributed by atoms with Gasteiger partial charge >= 0.3 is 5.97 Å². The van der Waals surface area contributed by atoms with Crippen LogP contribution < -0.4 is 5.73 Å². The lowest BCUT2D eigenvalue weighted by atomic mass is 10.2. The molecule has 0 aliphatic rings. The van der Waals surface area contributed by atoms with Crippen molar-refractivity contribution in [2.24, 2.45) is 0 Å². The molecule has 0 unspecified atom stereocenters. The Morgan fingerprint density at radius 1 is 1.40 bits per heavy atom. The lowest BCUT2D eigenvalue weighted by Gasteiger charge is -2.09. The molecule has 1 aromatic carbocycles. The summed E-state index contributed by atoms with van der Waals surface area (Å²) in [6.45, 7) is 2.29. The SMILES string of the molecule is COCc1cccc(-n2c(C)nc(C(=O)OC)c2N)c1. The first-order valence-electron chi connectivity index (χ1n) is 6.10. The van der Waals surface area contributed by atoms with Crippen molar-refractivity contribution in [3.8, 4) is 5.69 Å². The Kier molecular flexibility index (Phi) is 4.05. The normalized spacial score (nSPS) is 10.6. The van der Waals surface area contributed by atoms with Gasteiger partial charge in [-0.25, -0.2) is 9.78 Å². The molecule has 0 saturated carbocycles. The number of methoxy groups -OCH3 is 2. The number of aryl methyl sites for hydroxylation is 1. The van der Waals surface area contributed by atoms with Crippen LogP contribution in [0.25, 0.3) is 5.69 Å². The minimum atomic E-state index is -0.544. The van der Waals surface area contributed by atoms with Crippen molar-refractivity contribution in [3.63, 3.8) is 0 Å². The summed E-state index contributed by atoms with van der Waals surface area (Å²) in [4.78, 5) is 15.8. The Morgan fingerprint density at radius 2 is 2.15 bits per heavy atom. The molecule has 0 spiro atoms. The number of aromatic nitrogens is 2. The third-order valence-corrected chi connectivity index (χ3v) is 2.94. The van der Waals surface area contributed by atoms with Gasteiger partial charge in [0, 0.05) is 12.8 Å². The second kappa shape index (κ2) is 5.75. The highest BCUT2D eigenvalue weighted by molar-refractivity contribution is 5.92. The number of anilines is 1. The lowest BCUT2D eigenvalue weighted by molar-refractivity contribution is 0.0596. The number of hydrogen-bond acceptors (Lipinski definition) is 5.